The Morgan fingerprint density at radius 1 is 1.47 bits per heavy atom. The summed E-state index contributed by atoms with van der Waals surface area (Å²) in [6.45, 7) is 1.02. The zero-order chi connectivity index (χ0) is 12.3. The molecule has 0 N–H and O–H groups in total. The first-order chi connectivity index (χ1) is 8.27. The van der Waals surface area contributed by atoms with E-state index in [4.69, 9.17) is 0 Å². The molecular weight excluding hydrogens is 298 g/mol. The summed E-state index contributed by atoms with van der Waals surface area (Å²) >= 11 is 5.41. The molecule has 0 bridgehead atoms. The van der Waals surface area contributed by atoms with Crippen molar-refractivity contribution in [1.29, 1.82) is 0 Å². The summed E-state index contributed by atoms with van der Waals surface area (Å²) in [6.07, 6.45) is 4.19. The van der Waals surface area contributed by atoms with Crippen molar-refractivity contribution in [3.63, 3.8) is 0 Å². The minimum atomic E-state index is 0.817. The number of fused-ring (bicyclic) bond motifs is 1. The predicted octanol–water partition coefficient (Wildman–Crippen LogP) is 3.03. The van der Waals surface area contributed by atoms with Crippen molar-refractivity contribution >= 4 is 39.2 Å². The van der Waals surface area contributed by atoms with E-state index in [9.17, 15) is 0 Å². The molecule has 3 nitrogen and oxygen atoms in total. The van der Waals surface area contributed by atoms with Crippen LogP contribution in [-0.4, -0.2) is 35.0 Å². The SMILES string of the molecule is CSCCN(C)c1nc2ccccn2c1CBr. The van der Waals surface area contributed by atoms with E-state index >= 15 is 0 Å². The molecule has 0 aromatic carbocycles. The van der Waals surface area contributed by atoms with Gasteiger partial charge in [0.2, 0.25) is 0 Å². The van der Waals surface area contributed by atoms with E-state index in [0.717, 1.165) is 29.1 Å². The summed E-state index contributed by atoms with van der Waals surface area (Å²) in [7, 11) is 2.10. The van der Waals surface area contributed by atoms with Crippen LogP contribution in [0.25, 0.3) is 5.65 Å². The van der Waals surface area contributed by atoms with E-state index in [2.05, 4.69) is 49.7 Å². The quantitative estimate of drug-likeness (QED) is 0.791. The summed E-state index contributed by atoms with van der Waals surface area (Å²) in [5, 5.41) is 0.817. The molecule has 2 aromatic rings. The van der Waals surface area contributed by atoms with E-state index < -0.39 is 0 Å². The monoisotopic (exact) mass is 313 g/mol. The van der Waals surface area contributed by atoms with Crippen molar-refractivity contribution in [3.05, 3.63) is 30.1 Å². The van der Waals surface area contributed by atoms with Crippen LogP contribution in [0.1, 0.15) is 5.69 Å². The van der Waals surface area contributed by atoms with Gasteiger partial charge in [0.25, 0.3) is 0 Å². The van der Waals surface area contributed by atoms with Crippen LogP contribution in [0.15, 0.2) is 24.4 Å². The van der Waals surface area contributed by atoms with Crippen LogP contribution < -0.4 is 4.90 Å². The Labute approximate surface area is 114 Å². The van der Waals surface area contributed by atoms with Gasteiger partial charge in [-0.2, -0.15) is 11.8 Å². The topological polar surface area (TPSA) is 20.5 Å². The maximum Gasteiger partial charge on any atom is 0.151 e. The van der Waals surface area contributed by atoms with Gasteiger partial charge in [0, 0.05) is 30.9 Å². The predicted molar refractivity (Wildman–Crippen MR) is 79.5 cm³/mol. The second-order valence-electron chi connectivity index (χ2n) is 3.86. The lowest BCUT2D eigenvalue weighted by Crippen LogP contribution is -2.21. The number of halogens is 1. The maximum absolute atomic E-state index is 4.69. The molecule has 17 heavy (non-hydrogen) atoms. The van der Waals surface area contributed by atoms with E-state index in [1.165, 1.54) is 5.69 Å². The second kappa shape index (κ2) is 5.78. The molecule has 0 fully saturated rings. The van der Waals surface area contributed by atoms with E-state index in [-0.39, 0.29) is 0 Å². The highest BCUT2D eigenvalue weighted by atomic mass is 79.9. The molecule has 5 heteroatoms. The molecule has 2 rings (SSSR count). The third-order valence-corrected chi connectivity index (χ3v) is 3.85. The van der Waals surface area contributed by atoms with Gasteiger partial charge in [-0.3, -0.25) is 0 Å². The number of pyridine rings is 1. The van der Waals surface area contributed by atoms with Crippen LogP contribution in [0.5, 0.6) is 0 Å². The molecule has 2 heterocycles. The molecule has 0 aliphatic rings. The summed E-state index contributed by atoms with van der Waals surface area (Å²) in [5.74, 6) is 2.19. The molecule has 92 valence electrons. The van der Waals surface area contributed by atoms with Crippen molar-refractivity contribution in [2.75, 3.05) is 30.5 Å². The number of nitrogens with zero attached hydrogens (tertiary/aromatic N) is 3. The number of thioether (sulfide) groups is 1. The molecule has 0 saturated heterocycles. The average molecular weight is 314 g/mol. The normalized spacial score (nSPS) is 11.0. The Balaban J connectivity index is 2.38. The van der Waals surface area contributed by atoms with Crippen molar-refractivity contribution in [3.8, 4) is 0 Å². The Kier molecular flexibility index (Phi) is 4.34. The lowest BCUT2D eigenvalue weighted by molar-refractivity contribution is 0.943. The van der Waals surface area contributed by atoms with Gasteiger partial charge in [-0.15, -0.1) is 0 Å². The van der Waals surface area contributed by atoms with Crippen LogP contribution in [0.3, 0.4) is 0 Å². The van der Waals surface area contributed by atoms with Gasteiger partial charge in [0.15, 0.2) is 5.82 Å². The first-order valence-corrected chi connectivity index (χ1v) is 8.01. The van der Waals surface area contributed by atoms with Gasteiger partial charge >= 0.3 is 0 Å². The average Bonchev–Trinajstić information content (AvgIpc) is 2.74. The zero-order valence-corrected chi connectivity index (χ0v) is 12.5. The number of rotatable bonds is 5. The Morgan fingerprint density at radius 3 is 3.00 bits per heavy atom. The minimum absolute atomic E-state index is 0.817. The molecule has 2 aromatic heterocycles. The number of hydrogen-bond donors (Lipinski definition) is 0. The van der Waals surface area contributed by atoms with Crippen molar-refractivity contribution < 1.29 is 0 Å². The second-order valence-corrected chi connectivity index (χ2v) is 5.41. The van der Waals surface area contributed by atoms with Gasteiger partial charge in [-0.1, -0.05) is 22.0 Å². The molecular formula is C12H16BrN3S. The standard InChI is InChI=1S/C12H16BrN3S/c1-15(7-8-17-2)12-10(9-13)16-6-4-3-5-11(16)14-12/h3-6H,7-9H2,1-2H3. The lowest BCUT2D eigenvalue weighted by Gasteiger charge is -2.17. The summed E-state index contributed by atoms with van der Waals surface area (Å²) in [4.78, 5) is 6.91. The molecule has 0 unspecified atom stereocenters. The number of aromatic nitrogens is 2. The third kappa shape index (κ3) is 2.60. The van der Waals surface area contributed by atoms with Gasteiger partial charge in [-0.05, 0) is 18.4 Å². The molecule has 0 saturated carbocycles. The van der Waals surface area contributed by atoms with Crippen molar-refractivity contribution in [1.82, 2.24) is 9.38 Å². The lowest BCUT2D eigenvalue weighted by atomic mass is 10.4. The highest BCUT2D eigenvalue weighted by molar-refractivity contribution is 9.08. The number of hydrogen-bond acceptors (Lipinski definition) is 3. The molecule has 0 spiro atoms. The Bertz CT molecular complexity index is 497. The van der Waals surface area contributed by atoms with Gasteiger partial charge in [-0.25, -0.2) is 4.98 Å². The molecule has 0 atom stereocenters. The van der Waals surface area contributed by atoms with Crippen LogP contribution >= 0.6 is 27.7 Å². The molecule has 0 aliphatic heterocycles. The number of imidazole rings is 1. The fourth-order valence-corrected chi connectivity index (χ4v) is 2.78. The van der Waals surface area contributed by atoms with E-state index in [1.54, 1.807) is 0 Å². The van der Waals surface area contributed by atoms with Crippen LogP contribution in [0.2, 0.25) is 0 Å². The molecule has 0 aliphatic carbocycles. The highest BCUT2D eigenvalue weighted by Gasteiger charge is 2.13. The smallest absolute Gasteiger partial charge is 0.151 e. The Morgan fingerprint density at radius 2 is 2.29 bits per heavy atom. The number of anilines is 1. The summed E-state index contributed by atoms with van der Waals surface area (Å²) in [5.41, 5.74) is 2.22. The number of alkyl halides is 1. The summed E-state index contributed by atoms with van der Waals surface area (Å²) < 4.78 is 2.14. The largest absolute Gasteiger partial charge is 0.357 e. The first-order valence-electron chi connectivity index (χ1n) is 5.50. The fraction of sp³-hybridized carbons (Fsp3) is 0.417. The fourth-order valence-electron chi connectivity index (χ4n) is 1.80. The van der Waals surface area contributed by atoms with Crippen molar-refractivity contribution in [2.45, 2.75) is 5.33 Å². The van der Waals surface area contributed by atoms with Gasteiger partial charge in [0.1, 0.15) is 5.65 Å². The van der Waals surface area contributed by atoms with E-state index in [0.29, 0.717) is 0 Å². The first kappa shape index (κ1) is 12.8. The Hall–Kier alpha value is -0.680. The van der Waals surface area contributed by atoms with Crippen molar-refractivity contribution in [2.24, 2.45) is 0 Å². The van der Waals surface area contributed by atoms with Crippen LogP contribution in [-0.2, 0) is 5.33 Å². The molecule has 0 amide bonds. The highest BCUT2D eigenvalue weighted by Crippen LogP contribution is 2.23. The molecule has 0 radical (unpaired) electrons. The summed E-state index contributed by atoms with van der Waals surface area (Å²) in [6, 6.07) is 6.09. The van der Waals surface area contributed by atoms with E-state index in [1.807, 2.05) is 30.0 Å². The zero-order valence-electron chi connectivity index (χ0n) is 10.1. The maximum atomic E-state index is 4.69. The minimum Gasteiger partial charge on any atom is -0.357 e. The van der Waals surface area contributed by atoms with Gasteiger partial charge in [0.05, 0.1) is 5.69 Å². The van der Waals surface area contributed by atoms with Gasteiger partial charge < -0.3 is 9.30 Å². The van der Waals surface area contributed by atoms with Crippen LogP contribution in [0.4, 0.5) is 5.82 Å². The third-order valence-electron chi connectivity index (χ3n) is 2.73. The van der Waals surface area contributed by atoms with Crippen LogP contribution in [0, 0.1) is 0 Å².